The second-order valence-electron chi connectivity index (χ2n) is 7.90. The zero-order valence-corrected chi connectivity index (χ0v) is 19.1. The van der Waals surface area contributed by atoms with Gasteiger partial charge in [0.15, 0.2) is 5.65 Å². The molecule has 9 heteroatoms. The summed E-state index contributed by atoms with van der Waals surface area (Å²) in [6.45, 7) is 5.91. The second-order valence-corrected chi connectivity index (χ2v) is 7.90. The van der Waals surface area contributed by atoms with E-state index in [0.717, 1.165) is 55.0 Å². The number of aromatic nitrogens is 5. The van der Waals surface area contributed by atoms with Crippen molar-refractivity contribution in [2.24, 2.45) is 0 Å². The van der Waals surface area contributed by atoms with E-state index in [1.165, 1.54) is 0 Å². The maximum atomic E-state index is 15.1. The quantitative estimate of drug-likeness (QED) is 0.463. The molecule has 3 aromatic heterocycles. The molecule has 0 amide bonds. The highest BCUT2D eigenvalue weighted by molar-refractivity contribution is 5.86. The van der Waals surface area contributed by atoms with Crippen LogP contribution in [0.3, 0.4) is 0 Å². The number of aryl methyl sites for hydroxylation is 2. The molecule has 0 spiro atoms. The smallest absolute Gasteiger partial charge is 0.156 e. The summed E-state index contributed by atoms with van der Waals surface area (Å²) in [7, 11) is 0. The first-order valence-electron chi connectivity index (χ1n) is 10.1. The first kappa shape index (κ1) is 23.3. The van der Waals surface area contributed by atoms with Gasteiger partial charge in [-0.1, -0.05) is 0 Å². The van der Waals surface area contributed by atoms with E-state index >= 15 is 4.39 Å². The van der Waals surface area contributed by atoms with Crippen LogP contribution in [0.15, 0.2) is 30.5 Å². The number of benzene rings is 1. The van der Waals surface area contributed by atoms with E-state index in [1.54, 1.807) is 10.6 Å². The number of halogens is 3. The number of nitrogens with one attached hydrogen (secondary N) is 1. The molecule has 1 fully saturated rings. The molecule has 0 aliphatic carbocycles. The van der Waals surface area contributed by atoms with Crippen molar-refractivity contribution in [3.63, 3.8) is 0 Å². The van der Waals surface area contributed by atoms with Gasteiger partial charge in [0.2, 0.25) is 0 Å². The molecule has 1 saturated heterocycles. The standard InChI is InChI=1S/C22H23FN6.2ClH/c1-13-8-20(28-29-12-14(2)25-22(13)29)16-9-18(23)17-11-19(26-27-21(17)10-16)15-4-3-6-24-7-5-15;;/h8-12,15,24H,3-7H2,1-2H3;2*1H. The van der Waals surface area contributed by atoms with Crippen LogP contribution in [0.2, 0.25) is 0 Å². The van der Waals surface area contributed by atoms with Crippen molar-refractivity contribution in [2.75, 3.05) is 13.1 Å². The van der Waals surface area contributed by atoms with E-state index in [0.29, 0.717) is 28.1 Å². The van der Waals surface area contributed by atoms with Crippen LogP contribution in [0.25, 0.3) is 27.8 Å². The average molecular weight is 463 g/mol. The molecule has 31 heavy (non-hydrogen) atoms. The van der Waals surface area contributed by atoms with Crippen LogP contribution in [-0.4, -0.2) is 37.9 Å². The Labute approximate surface area is 192 Å². The van der Waals surface area contributed by atoms with Gasteiger partial charge in [0.25, 0.3) is 0 Å². The number of fused-ring (bicyclic) bond motifs is 2. The molecule has 4 aromatic rings. The Balaban J connectivity index is 0.00000136. The topological polar surface area (TPSA) is 68.0 Å². The van der Waals surface area contributed by atoms with Crippen molar-refractivity contribution in [1.29, 1.82) is 0 Å². The highest BCUT2D eigenvalue weighted by Gasteiger charge is 2.18. The monoisotopic (exact) mass is 462 g/mol. The fraction of sp³-hybridized carbons (Fsp3) is 0.364. The molecule has 4 heterocycles. The normalized spacial score (nSPS) is 16.5. The van der Waals surface area contributed by atoms with Crippen LogP contribution in [0, 0.1) is 19.7 Å². The van der Waals surface area contributed by atoms with Crippen molar-refractivity contribution < 1.29 is 4.39 Å². The molecule has 1 aromatic carbocycles. The van der Waals surface area contributed by atoms with E-state index in [4.69, 9.17) is 0 Å². The SMILES string of the molecule is Cc1cn2nc(-c3cc(F)c4cc(C5CCCNCC5)nnc4c3)cc(C)c2n1.Cl.Cl. The van der Waals surface area contributed by atoms with Gasteiger partial charge in [-0.2, -0.15) is 15.3 Å². The molecule has 1 aliphatic heterocycles. The van der Waals surface area contributed by atoms with Crippen molar-refractivity contribution in [2.45, 2.75) is 39.0 Å². The van der Waals surface area contributed by atoms with E-state index in [1.807, 2.05) is 38.2 Å². The minimum Gasteiger partial charge on any atom is -0.317 e. The van der Waals surface area contributed by atoms with Gasteiger partial charge < -0.3 is 5.32 Å². The van der Waals surface area contributed by atoms with E-state index in [-0.39, 0.29) is 30.6 Å². The Morgan fingerprint density at radius 3 is 2.71 bits per heavy atom. The van der Waals surface area contributed by atoms with Gasteiger partial charge in [0.1, 0.15) is 5.82 Å². The maximum Gasteiger partial charge on any atom is 0.156 e. The van der Waals surface area contributed by atoms with Crippen LogP contribution in [0.4, 0.5) is 4.39 Å². The van der Waals surface area contributed by atoms with Crippen molar-refractivity contribution in [3.05, 3.63) is 53.2 Å². The lowest BCUT2D eigenvalue weighted by Crippen LogP contribution is -2.14. The molecule has 1 aliphatic rings. The molecular formula is C22H25Cl2FN6. The van der Waals surface area contributed by atoms with E-state index in [9.17, 15) is 0 Å². The Morgan fingerprint density at radius 1 is 1.03 bits per heavy atom. The van der Waals surface area contributed by atoms with Gasteiger partial charge in [0, 0.05) is 16.9 Å². The molecule has 164 valence electrons. The Kier molecular flexibility index (Phi) is 7.09. The largest absolute Gasteiger partial charge is 0.317 e. The average Bonchev–Trinajstić information content (AvgIpc) is 2.90. The minimum atomic E-state index is -0.290. The van der Waals surface area contributed by atoms with Gasteiger partial charge in [0.05, 0.1) is 28.8 Å². The zero-order chi connectivity index (χ0) is 20.0. The molecule has 6 nitrogen and oxygen atoms in total. The zero-order valence-electron chi connectivity index (χ0n) is 17.4. The number of hydrogen-bond donors (Lipinski definition) is 1. The van der Waals surface area contributed by atoms with Crippen LogP contribution >= 0.6 is 24.8 Å². The van der Waals surface area contributed by atoms with Gasteiger partial charge in [-0.3, -0.25) is 0 Å². The third-order valence-corrected chi connectivity index (χ3v) is 5.69. The second kappa shape index (κ2) is 9.42. The van der Waals surface area contributed by atoms with Gasteiger partial charge in [-0.05, 0) is 76.0 Å². The first-order chi connectivity index (χ1) is 14.1. The lowest BCUT2D eigenvalue weighted by Gasteiger charge is -2.13. The number of rotatable bonds is 2. The lowest BCUT2D eigenvalue weighted by molar-refractivity contribution is 0.586. The third-order valence-electron chi connectivity index (χ3n) is 5.69. The Morgan fingerprint density at radius 2 is 1.87 bits per heavy atom. The molecule has 1 unspecified atom stereocenters. The predicted octanol–water partition coefficient (Wildman–Crippen LogP) is 4.80. The summed E-state index contributed by atoms with van der Waals surface area (Å²) in [5.74, 6) is 0.0407. The molecule has 5 rings (SSSR count). The van der Waals surface area contributed by atoms with Crippen LogP contribution in [0.5, 0.6) is 0 Å². The highest BCUT2D eigenvalue weighted by Crippen LogP contribution is 2.30. The predicted molar refractivity (Wildman–Crippen MR) is 125 cm³/mol. The minimum absolute atomic E-state index is 0. The summed E-state index contributed by atoms with van der Waals surface area (Å²) < 4.78 is 16.8. The van der Waals surface area contributed by atoms with Gasteiger partial charge >= 0.3 is 0 Å². The summed E-state index contributed by atoms with van der Waals surface area (Å²) in [5.41, 5.74) is 5.52. The molecule has 1 N–H and O–H groups in total. The van der Waals surface area contributed by atoms with Crippen molar-refractivity contribution in [3.8, 4) is 11.3 Å². The van der Waals surface area contributed by atoms with Gasteiger partial charge in [-0.15, -0.1) is 24.8 Å². The summed E-state index contributed by atoms with van der Waals surface area (Å²) in [6, 6.07) is 7.21. The fourth-order valence-electron chi connectivity index (χ4n) is 4.17. The molecule has 1 atom stereocenters. The number of nitrogens with zero attached hydrogens (tertiary/aromatic N) is 5. The van der Waals surface area contributed by atoms with Crippen LogP contribution in [0.1, 0.15) is 42.1 Å². The summed E-state index contributed by atoms with van der Waals surface area (Å²) in [4.78, 5) is 4.48. The van der Waals surface area contributed by atoms with Gasteiger partial charge in [-0.25, -0.2) is 13.9 Å². The molecular weight excluding hydrogens is 438 g/mol. The fourth-order valence-corrected chi connectivity index (χ4v) is 4.17. The maximum absolute atomic E-state index is 15.1. The summed E-state index contributed by atoms with van der Waals surface area (Å²) >= 11 is 0. The summed E-state index contributed by atoms with van der Waals surface area (Å²) in [5, 5.41) is 17.3. The molecule has 0 bridgehead atoms. The van der Waals surface area contributed by atoms with Crippen molar-refractivity contribution in [1.82, 2.24) is 30.1 Å². The lowest BCUT2D eigenvalue weighted by atomic mass is 9.95. The highest BCUT2D eigenvalue weighted by atomic mass is 35.5. The van der Waals surface area contributed by atoms with Crippen molar-refractivity contribution >= 4 is 41.4 Å². The molecule has 0 radical (unpaired) electrons. The van der Waals surface area contributed by atoms with Crippen LogP contribution < -0.4 is 5.32 Å². The first-order valence-corrected chi connectivity index (χ1v) is 10.1. The van der Waals surface area contributed by atoms with E-state index < -0.39 is 0 Å². The van der Waals surface area contributed by atoms with E-state index in [2.05, 4.69) is 25.6 Å². The Hall–Kier alpha value is -2.35. The Bertz CT molecular complexity index is 1220. The number of imidazole rings is 1. The molecule has 0 saturated carbocycles. The third kappa shape index (κ3) is 4.49. The summed E-state index contributed by atoms with van der Waals surface area (Å²) in [6.07, 6.45) is 5.04. The number of hydrogen-bond acceptors (Lipinski definition) is 5. The van der Waals surface area contributed by atoms with Crippen LogP contribution in [-0.2, 0) is 0 Å².